The first-order chi connectivity index (χ1) is 13.9. The van der Waals surface area contributed by atoms with E-state index in [4.69, 9.17) is 0 Å². The van der Waals surface area contributed by atoms with Crippen molar-refractivity contribution in [2.24, 2.45) is 52.3 Å². The van der Waals surface area contributed by atoms with Gasteiger partial charge in [0, 0.05) is 0 Å². The zero-order valence-corrected chi connectivity index (χ0v) is 20.6. The third-order valence-corrected chi connectivity index (χ3v) is 11.5. The minimum Gasteiger partial charge on any atom is -0.0654 e. The topological polar surface area (TPSA) is 0 Å². The Bertz CT molecular complexity index is 536. The lowest BCUT2D eigenvalue weighted by molar-refractivity contribution is -0.114. The quantitative estimate of drug-likeness (QED) is 0.399. The molecule has 0 aromatic heterocycles. The minimum absolute atomic E-state index is 0.674. The second-order valence-corrected chi connectivity index (χ2v) is 12.9. The van der Waals surface area contributed by atoms with Crippen LogP contribution in [0.15, 0.2) is 0 Å². The second-order valence-electron chi connectivity index (χ2n) is 12.9. The van der Waals surface area contributed by atoms with Crippen LogP contribution in [0.3, 0.4) is 0 Å². The van der Waals surface area contributed by atoms with E-state index in [2.05, 4.69) is 34.6 Å². The first kappa shape index (κ1) is 22.2. The molecule has 168 valence electrons. The molecule has 0 N–H and O–H groups in total. The average molecular weight is 401 g/mol. The highest BCUT2D eigenvalue weighted by atomic mass is 14.6. The normalized spacial score (nSPS) is 46.4. The summed E-state index contributed by atoms with van der Waals surface area (Å²) in [6.45, 7) is 13.0. The van der Waals surface area contributed by atoms with Crippen LogP contribution >= 0.6 is 0 Å². The molecule has 0 nitrogen and oxygen atoms in total. The minimum atomic E-state index is 0.674. The van der Waals surface area contributed by atoms with Gasteiger partial charge in [0.15, 0.2) is 0 Å². The third-order valence-electron chi connectivity index (χ3n) is 11.5. The molecule has 0 aromatic carbocycles. The summed E-state index contributed by atoms with van der Waals surface area (Å²) in [6.07, 6.45) is 22.8. The van der Waals surface area contributed by atoms with E-state index in [1.165, 1.54) is 44.9 Å². The number of hydrogen-bond donors (Lipinski definition) is 0. The van der Waals surface area contributed by atoms with Crippen molar-refractivity contribution in [3.63, 3.8) is 0 Å². The Morgan fingerprint density at radius 2 is 1.55 bits per heavy atom. The van der Waals surface area contributed by atoms with Crippen LogP contribution in [0.1, 0.15) is 131 Å². The molecule has 4 fully saturated rings. The predicted molar refractivity (Wildman–Crippen MR) is 127 cm³/mol. The largest absolute Gasteiger partial charge is 0.0654 e. The number of hydrogen-bond acceptors (Lipinski definition) is 0. The molecule has 29 heavy (non-hydrogen) atoms. The van der Waals surface area contributed by atoms with Crippen molar-refractivity contribution in [2.45, 2.75) is 131 Å². The van der Waals surface area contributed by atoms with E-state index in [1.54, 1.807) is 51.4 Å². The molecule has 4 rings (SSSR count). The van der Waals surface area contributed by atoms with Gasteiger partial charge in [-0.1, -0.05) is 79.6 Å². The van der Waals surface area contributed by atoms with Crippen molar-refractivity contribution in [1.82, 2.24) is 0 Å². The van der Waals surface area contributed by atoms with E-state index in [9.17, 15) is 0 Å². The number of fused-ring (bicyclic) bond motifs is 5. The Balaban J connectivity index is 1.40. The molecule has 0 aromatic rings. The smallest absolute Gasteiger partial charge is 0.0264 e. The Morgan fingerprint density at radius 1 is 0.759 bits per heavy atom. The Labute approximate surface area is 183 Å². The molecular formula is C29H52. The molecule has 0 heteroatoms. The summed E-state index contributed by atoms with van der Waals surface area (Å²) in [4.78, 5) is 0. The van der Waals surface area contributed by atoms with E-state index in [1.807, 2.05) is 0 Å². The van der Waals surface area contributed by atoms with Gasteiger partial charge in [-0.05, 0) is 104 Å². The molecule has 0 aliphatic heterocycles. The van der Waals surface area contributed by atoms with Gasteiger partial charge < -0.3 is 0 Å². The fourth-order valence-corrected chi connectivity index (χ4v) is 9.90. The molecule has 0 heterocycles. The van der Waals surface area contributed by atoms with Crippen LogP contribution in [0.2, 0.25) is 0 Å². The van der Waals surface area contributed by atoms with Gasteiger partial charge in [-0.3, -0.25) is 0 Å². The second kappa shape index (κ2) is 8.86. The van der Waals surface area contributed by atoms with Crippen molar-refractivity contribution >= 4 is 0 Å². The van der Waals surface area contributed by atoms with Gasteiger partial charge in [-0.25, -0.2) is 0 Å². The lowest BCUT2D eigenvalue weighted by Crippen LogP contribution is -2.53. The van der Waals surface area contributed by atoms with E-state index >= 15 is 0 Å². The summed E-state index contributed by atoms with van der Waals surface area (Å²) in [5.41, 5.74) is 1.38. The van der Waals surface area contributed by atoms with E-state index in [-0.39, 0.29) is 0 Å². The van der Waals surface area contributed by atoms with Gasteiger partial charge in [0.1, 0.15) is 0 Å². The van der Waals surface area contributed by atoms with E-state index in [0.717, 1.165) is 41.4 Å². The number of rotatable bonds is 7. The maximum absolute atomic E-state index is 2.76. The molecular weight excluding hydrogens is 348 g/mol. The summed E-state index contributed by atoms with van der Waals surface area (Å²) >= 11 is 0. The molecule has 4 aliphatic rings. The third kappa shape index (κ3) is 3.98. The summed E-state index contributed by atoms with van der Waals surface area (Å²) in [7, 11) is 0. The van der Waals surface area contributed by atoms with Crippen LogP contribution in [0.25, 0.3) is 0 Å². The average Bonchev–Trinajstić information content (AvgIpc) is 3.05. The maximum Gasteiger partial charge on any atom is -0.0264 e. The molecule has 0 radical (unpaired) electrons. The Morgan fingerprint density at radius 3 is 2.34 bits per heavy atom. The van der Waals surface area contributed by atoms with Gasteiger partial charge in [-0.2, -0.15) is 0 Å². The molecule has 3 unspecified atom stereocenters. The van der Waals surface area contributed by atoms with Gasteiger partial charge in [0.2, 0.25) is 0 Å². The summed E-state index contributed by atoms with van der Waals surface area (Å²) in [6, 6.07) is 0. The van der Waals surface area contributed by atoms with Crippen LogP contribution < -0.4 is 0 Å². The summed E-state index contributed by atoms with van der Waals surface area (Å²) in [5.74, 6) is 7.21. The highest BCUT2D eigenvalue weighted by molar-refractivity contribution is 5.09. The van der Waals surface area contributed by atoms with Crippen molar-refractivity contribution in [3.8, 4) is 0 Å². The molecule has 9 atom stereocenters. The van der Waals surface area contributed by atoms with Crippen LogP contribution in [0.5, 0.6) is 0 Å². The zero-order valence-electron chi connectivity index (χ0n) is 20.6. The van der Waals surface area contributed by atoms with Crippen molar-refractivity contribution in [1.29, 1.82) is 0 Å². The SMILES string of the molecule is CCCC(C)CCCC(C)[C@H]1CC[C@H]2[C@@H]3CCC4CCCC[C@]4(C)[C@H]3CC[C@]12C. The molecule has 0 bridgehead atoms. The first-order valence-corrected chi connectivity index (χ1v) is 13.9. The lowest BCUT2D eigenvalue weighted by Gasteiger charge is -2.61. The van der Waals surface area contributed by atoms with Gasteiger partial charge in [0.25, 0.3) is 0 Å². The van der Waals surface area contributed by atoms with Gasteiger partial charge in [0.05, 0.1) is 0 Å². The molecule has 0 spiro atoms. The molecule has 0 saturated heterocycles. The van der Waals surface area contributed by atoms with Crippen LogP contribution in [-0.4, -0.2) is 0 Å². The van der Waals surface area contributed by atoms with E-state index in [0.29, 0.717) is 10.8 Å². The van der Waals surface area contributed by atoms with Crippen molar-refractivity contribution in [2.75, 3.05) is 0 Å². The van der Waals surface area contributed by atoms with E-state index < -0.39 is 0 Å². The van der Waals surface area contributed by atoms with Gasteiger partial charge >= 0.3 is 0 Å². The standard InChI is InChI=1S/C29H52/c1-6-10-21(2)11-9-12-22(3)25-16-17-26-24-15-14-23-13-7-8-19-28(23,4)27(24)18-20-29(25,26)5/h21-27H,6-20H2,1-5H3/t21?,22?,23?,24-,25+,26-,27-,28-,29+/m0/s1. The highest BCUT2D eigenvalue weighted by Crippen LogP contribution is 2.68. The lowest BCUT2D eigenvalue weighted by atomic mass is 9.44. The summed E-state index contributed by atoms with van der Waals surface area (Å²) in [5, 5.41) is 0. The van der Waals surface area contributed by atoms with Crippen LogP contribution in [0, 0.1) is 52.3 Å². The van der Waals surface area contributed by atoms with Crippen LogP contribution in [0.4, 0.5) is 0 Å². The highest BCUT2D eigenvalue weighted by Gasteiger charge is 2.59. The van der Waals surface area contributed by atoms with Crippen LogP contribution in [-0.2, 0) is 0 Å². The van der Waals surface area contributed by atoms with Gasteiger partial charge in [-0.15, -0.1) is 0 Å². The zero-order chi connectivity index (χ0) is 20.6. The van der Waals surface area contributed by atoms with Crippen molar-refractivity contribution in [3.05, 3.63) is 0 Å². The first-order valence-electron chi connectivity index (χ1n) is 13.9. The monoisotopic (exact) mass is 400 g/mol. The molecule has 4 aliphatic carbocycles. The summed E-state index contributed by atoms with van der Waals surface area (Å²) < 4.78 is 0. The maximum atomic E-state index is 2.76. The Hall–Kier alpha value is 0. The Kier molecular flexibility index (Phi) is 6.78. The fourth-order valence-electron chi connectivity index (χ4n) is 9.90. The molecule has 0 amide bonds. The predicted octanol–water partition coefficient (Wildman–Crippen LogP) is 9.28. The fraction of sp³-hybridized carbons (Fsp3) is 1.00. The molecule has 4 saturated carbocycles. The van der Waals surface area contributed by atoms with Crippen molar-refractivity contribution < 1.29 is 0 Å².